The Balaban J connectivity index is 1.72. The number of carbonyl (C=O) groups is 1. The second-order valence-electron chi connectivity index (χ2n) is 5.69. The molecule has 1 aliphatic carbocycles. The van der Waals surface area contributed by atoms with Crippen molar-refractivity contribution in [1.82, 2.24) is 4.90 Å². The topological polar surface area (TPSA) is 20.3 Å². The molecule has 2 fully saturated rings. The Bertz CT molecular complexity index is 448. The number of rotatable bonds is 1. The van der Waals surface area contributed by atoms with E-state index in [0.29, 0.717) is 11.0 Å². The minimum atomic E-state index is -0.291. The molecule has 0 bridgehead atoms. The van der Waals surface area contributed by atoms with Gasteiger partial charge in [-0.2, -0.15) is 0 Å². The van der Waals surface area contributed by atoms with Crippen LogP contribution in [0, 0.1) is 11.2 Å². The number of benzene rings is 1. The lowest BCUT2D eigenvalue weighted by Gasteiger charge is -2.23. The zero-order chi connectivity index (χ0) is 12.6. The SMILES string of the molecule is O=C(c1ccc(F)cc1)N1CCC2(CCCC2)C1. The zero-order valence-corrected chi connectivity index (χ0v) is 10.5. The van der Waals surface area contributed by atoms with Gasteiger partial charge in [0.2, 0.25) is 0 Å². The van der Waals surface area contributed by atoms with Gasteiger partial charge in [-0.05, 0) is 48.9 Å². The van der Waals surface area contributed by atoms with Crippen LogP contribution in [0.1, 0.15) is 42.5 Å². The van der Waals surface area contributed by atoms with Crippen LogP contribution < -0.4 is 0 Å². The standard InChI is InChI=1S/C15H18FNO/c16-13-5-3-12(4-6-13)14(18)17-10-9-15(11-17)7-1-2-8-15/h3-6H,1-2,7-11H2. The van der Waals surface area contributed by atoms with Crippen molar-refractivity contribution in [2.45, 2.75) is 32.1 Å². The third kappa shape index (κ3) is 2.02. The molecule has 1 saturated carbocycles. The van der Waals surface area contributed by atoms with E-state index in [9.17, 15) is 9.18 Å². The fourth-order valence-corrected chi connectivity index (χ4v) is 3.42. The van der Waals surface area contributed by atoms with Crippen LogP contribution >= 0.6 is 0 Å². The maximum Gasteiger partial charge on any atom is 0.253 e. The number of halogens is 1. The molecule has 2 nitrogen and oxygen atoms in total. The van der Waals surface area contributed by atoms with Gasteiger partial charge in [0.1, 0.15) is 5.82 Å². The van der Waals surface area contributed by atoms with Crippen LogP contribution in [-0.4, -0.2) is 23.9 Å². The zero-order valence-electron chi connectivity index (χ0n) is 10.5. The first-order valence-electron chi connectivity index (χ1n) is 6.73. The largest absolute Gasteiger partial charge is 0.338 e. The lowest BCUT2D eigenvalue weighted by atomic mass is 9.86. The Hall–Kier alpha value is -1.38. The van der Waals surface area contributed by atoms with Gasteiger partial charge in [0.15, 0.2) is 0 Å². The molecule has 0 unspecified atom stereocenters. The molecule has 1 saturated heterocycles. The quantitative estimate of drug-likeness (QED) is 0.746. The van der Waals surface area contributed by atoms with Gasteiger partial charge in [0.25, 0.3) is 5.91 Å². The lowest BCUT2D eigenvalue weighted by molar-refractivity contribution is 0.0773. The number of carbonyl (C=O) groups excluding carboxylic acids is 1. The molecule has 2 aliphatic rings. The minimum Gasteiger partial charge on any atom is -0.338 e. The highest BCUT2D eigenvalue weighted by molar-refractivity contribution is 5.94. The Morgan fingerprint density at radius 3 is 2.44 bits per heavy atom. The van der Waals surface area contributed by atoms with Gasteiger partial charge in [0, 0.05) is 18.7 Å². The van der Waals surface area contributed by atoms with Gasteiger partial charge in [-0.3, -0.25) is 4.79 Å². The van der Waals surface area contributed by atoms with E-state index in [1.54, 1.807) is 12.1 Å². The highest BCUT2D eigenvalue weighted by atomic mass is 19.1. The molecule has 0 atom stereocenters. The average Bonchev–Trinajstić information content (AvgIpc) is 3.01. The van der Waals surface area contributed by atoms with E-state index in [1.807, 2.05) is 4.90 Å². The third-order valence-corrected chi connectivity index (χ3v) is 4.48. The molecule has 1 amide bonds. The fraction of sp³-hybridized carbons (Fsp3) is 0.533. The van der Waals surface area contributed by atoms with E-state index in [1.165, 1.54) is 37.8 Å². The number of likely N-dealkylation sites (tertiary alicyclic amines) is 1. The summed E-state index contributed by atoms with van der Waals surface area (Å²) in [6.45, 7) is 1.75. The van der Waals surface area contributed by atoms with Gasteiger partial charge >= 0.3 is 0 Å². The molecule has 18 heavy (non-hydrogen) atoms. The summed E-state index contributed by atoms with van der Waals surface area (Å²) in [5.74, 6) is -0.237. The van der Waals surface area contributed by atoms with Crippen LogP contribution in [0.15, 0.2) is 24.3 Å². The number of hydrogen-bond donors (Lipinski definition) is 0. The van der Waals surface area contributed by atoms with E-state index in [4.69, 9.17) is 0 Å². The summed E-state index contributed by atoms with van der Waals surface area (Å²) in [5, 5.41) is 0. The van der Waals surface area contributed by atoms with Crippen LogP contribution in [0.5, 0.6) is 0 Å². The number of amides is 1. The first-order chi connectivity index (χ1) is 8.69. The molecule has 1 aromatic carbocycles. The molecular formula is C15H18FNO. The Morgan fingerprint density at radius 1 is 1.11 bits per heavy atom. The summed E-state index contributed by atoms with van der Waals surface area (Å²) in [7, 11) is 0. The van der Waals surface area contributed by atoms with E-state index < -0.39 is 0 Å². The maximum absolute atomic E-state index is 12.8. The van der Waals surface area contributed by atoms with Gasteiger partial charge in [-0.25, -0.2) is 4.39 Å². The minimum absolute atomic E-state index is 0.0544. The Kier molecular flexibility index (Phi) is 2.84. The lowest BCUT2D eigenvalue weighted by Crippen LogP contribution is -2.31. The van der Waals surface area contributed by atoms with Crippen LogP contribution in [-0.2, 0) is 0 Å². The van der Waals surface area contributed by atoms with Crippen molar-refractivity contribution in [1.29, 1.82) is 0 Å². The van der Waals surface area contributed by atoms with Gasteiger partial charge in [-0.15, -0.1) is 0 Å². The average molecular weight is 247 g/mol. The molecule has 0 N–H and O–H groups in total. The molecule has 1 heterocycles. The second kappa shape index (κ2) is 4.38. The second-order valence-corrected chi connectivity index (χ2v) is 5.69. The first-order valence-corrected chi connectivity index (χ1v) is 6.73. The molecule has 1 aliphatic heterocycles. The normalized spacial score (nSPS) is 21.7. The summed E-state index contributed by atoms with van der Waals surface area (Å²) in [6.07, 6.45) is 6.28. The molecule has 3 heteroatoms. The fourth-order valence-electron chi connectivity index (χ4n) is 3.42. The predicted molar refractivity (Wildman–Crippen MR) is 67.8 cm³/mol. The van der Waals surface area contributed by atoms with Gasteiger partial charge in [-0.1, -0.05) is 12.8 Å². The number of nitrogens with zero attached hydrogens (tertiary/aromatic N) is 1. The van der Waals surface area contributed by atoms with Gasteiger partial charge < -0.3 is 4.90 Å². The summed E-state index contributed by atoms with van der Waals surface area (Å²) < 4.78 is 12.8. The van der Waals surface area contributed by atoms with Crippen LogP contribution in [0.4, 0.5) is 4.39 Å². The van der Waals surface area contributed by atoms with Crippen molar-refractivity contribution < 1.29 is 9.18 Å². The molecule has 3 rings (SSSR count). The molecular weight excluding hydrogens is 229 g/mol. The third-order valence-electron chi connectivity index (χ3n) is 4.48. The molecule has 96 valence electrons. The molecule has 1 spiro atoms. The van der Waals surface area contributed by atoms with Crippen molar-refractivity contribution in [3.05, 3.63) is 35.6 Å². The predicted octanol–water partition coefficient (Wildman–Crippen LogP) is 3.23. The van der Waals surface area contributed by atoms with Crippen LogP contribution in [0.2, 0.25) is 0 Å². The van der Waals surface area contributed by atoms with Crippen molar-refractivity contribution in [3.8, 4) is 0 Å². The summed E-state index contributed by atoms with van der Waals surface area (Å²) in [4.78, 5) is 14.2. The highest BCUT2D eigenvalue weighted by Gasteiger charge is 2.41. The van der Waals surface area contributed by atoms with Gasteiger partial charge in [0.05, 0.1) is 0 Å². The summed E-state index contributed by atoms with van der Waals surface area (Å²) >= 11 is 0. The number of hydrogen-bond acceptors (Lipinski definition) is 1. The van der Waals surface area contributed by atoms with Crippen molar-refractivity contribution in [2.24, 2.45) is 5.41 Å². The monoisotopic (exact) mass is 247 g/mol. The smallest absolute Gasteiger partial charge is 0.253 e. The van der Waals surface area contributed by atoms with E-state index in [-0.39, 0.29) is 11.7 Å². The molecule has 1 aromatic rings. The van der Waals surface area contributed by atoms with Crippen molar-refractivity contribution in [3.63, 3.8) is 0 Å². The maximum atomic E-state index is 12.8. The first kappa shape index (κ1) is 11.7. The van der Waals surface area contributed by atoms with Crippen molar-refractivity contribution >= 4 is 5.91 Å². The van der Waals surface area contributed by atoms with E-state index in [2.05, 4.69) is 0 Å². The van der Waals surface area contributed by atoms with E-state index >= 15 is 0 Å². The Labute approximate surface area is 107 Å². The van der Waals surface area contributed by atoms with Crippen molar-refractivity contribution in [2.75, 3.05) is 13.1 Å². The molecule has 0 radical (unpaired) electrons. The summed E-state index contributed by atoms with van der Waals surface area (Å²) in [6, 6.07) is 5.87. The Morgan fingerprint density at radius 2 is 1.78 bits per heavy atom. The highest BCUT2D eigenvalue weighted by Crippen LogP contribution is 2.45. The molecule has 0 aromatic heterocycles. The van der Waals surface area contributed by atoms with E-state index in [0.717, 1.165) is 19.5 Å². The van der Waals surface area contributed by atoms with Crippen LogP contribution in [0.25, 0.3) is 0 Å². The summed E-state index contributed by atoms with van der Waals surface area (Å²) in [5.41, 5.74) is 1.00. The van der Waals surface area contributed by atoms with Crippen LogP contribution in [0.3, 0.4) is 0 Å².